The van der Waals surface area contributed by atoms with E-state index in [9.17, 15) is 4.79 Å². The first-order valence-corrected chi connectivity index (χ1v) is 7.38. The summed E-state index contributed by atoms with van der Waals surface area (Å²) in [6, 6.07) is 7.50. The zero-order valence-electron chi connectivity index (χ0n) is 12.0. The lowest BCUT2D eigenvalue weighted by molar-refractivity contribution is 0.0741. The molecule has 0 saturated carbocycles. The van der Waals surface area contributed by atoms with Crippen LogP contribution in [-0.2, 0) is 0 Å². The second-order valence-corrected chi connectivity index (χ2v) is 5.62. The Morgan fingerprint density at radius 1 is 1.45 bits per heavy atom. The quantitative estimate of drug-likeness (QED) is 0.933. The summed E-state index contributed by atoms with van der Waals surface area (Å²) in [7, 11) is 0. The van der Waals surface area contributed by atoms with Crippen molar-refractivity contribution >= 4 is 29.9 Å². The molecule has 2 N–H and O–H groups in total. The minimum absolute atomic E-state index is 0. The summed E-state index contributed by atoms with van der Waals surface area (Å²) in [5.74, 6) is -0.00349. The zero-order valence-corrected chi connectivity index (χ0v) is 13.6. The molecule has 1 saturated heterocycles. The van der Waals surface area contributed by atoms with E-state index in [-0.39, 0.29) is 24.4 Å². The maximum absolute atomic E-state index is 12.5. The molecule has 7 heteroatoms. The SMILES string of the molecule is Cl.NCC1CCCN1C(=O)c1cnn(-c2cccc(Cl)c2)c1. The number of aromatic nitrogens is 2. The first kappa shape index (κ1) is 16.8. The molecule has 0 bridgehead atoms. The number of amides is 1. The van der Waals surface area contributed by atoms with Crippen LogP contribution in [-0.4, -0.2) is 39.7 Å². The van der Waals surface area contributed by atoms with Gasteiger partial charge in [0, 0.05) is 30.4 Å². The van der Waals surface area contributed by atoms with Crippen LogP contribution in [0.15, 0.2) is 36.7 Å². The van der Waals surface area contributed by atoms with Crippen LogP contribution < -0.4 is 5.73 Å². The van der Waals surface area contributed by atoms with E-state index >= 15 is 0 Å². The minimum atomic E-state index is -0.00349. The van der Waals surface area contributed by atoms with Crippen molar-refractivity contribution in [2.45, 2.75) is 18.9 Å². The first-order chi connectivity index (χ1) is 10.2. The molecule has 2 aromatic rings. The monoisotopic (exact) mass is 340 g/mol. The predicted octanol–water partition coefficient (Wildman–Crippen LogP) is 2.51. The van der Waals surface area contributed by atoms with E-state index < -0.39 is 0 Å². The summed E-state index contributed by atoms with van der Waals surface area (Å²) in [6.07, 6.45) is 5.32. The maximum Gasteiger partial charge on any atom is 0.257 e. The van der Waals surface area contributed by atoms with Crippen molar-refractivity contribution in [3.05, 3.63) is 47.2 Å². The average Bonchev–Trinajstić information content (AvgIpc) is 3.15. The molecule has 1 aromatic carbocycles. The van der Waals surface area contributed by atoms with Gasteiger partial charge in [-0.3, -0.25) is 4.79 Å². The van der Waals surface area contributed by atoms with E-state index in [0.29, 0.717) is 17.1 Å². The largest absolute Gasteiger partial charge is 0.334 e. The molecule has 1 aliphatic rings. The Bertz CT molecular complexity index is 658. The van der Waals surface area contributed by atoms with Gasteiger partial charge in [0.15, 0.2) is 0 Å². The predicted molar refractivity (Wildman–Crippen MR) is 88.9 cm³/mol. The highest BCUT2D eigenvalue weighted by molar-refractivity contribution is 6.30. The van der Waals surface area contributed by atoms with Gasteiger partial charge in [-0.25, -0.2) is 4.68 Å². The maximum atomic E-state index is 12.5. The van der Waals surface area contributed by atoms with Gasteiger partial charge >= 0.3 is 0 Å². The Hall–Kier alpha value is -1.56. The van der Waals surface area contributed by atoms with Gasteiger partial charge in [-0.05, 0) is 31.0 Å². The van der Waals surface area contributed by atoms with Crippen molar-refractivity contribution in [3.8, 4) is 5.69 Å². The molecular formula is C15H18Cl2N4O. The van der Waals surface area contributed by atoms with Crippen molar-refractivity contribution in [2.75, 3.05) is 13.1 Å². The summed E-state index contributed by atoms with van der Waals surface area (Å²) in [5.41, 5.74) is 7.13. The van der Waals surface area contributed by atoms with Crippen molar-refractivity contribution < 1.29 is 4.79 Å². The van der Waals surface area contributed by atoms with E-state index in [4.69, 9.17) is 17.3 Å². The van der Waals surface area contributed by atoms with Crippen LogP contribution in [0.5, 0.6) is 0 Å². The number of rotatable bonds is 3. The molecule has 0 aliphatic carbocycles. The van der Waals surface area contributed by atoms with E-state index in [0.717, 1.165) is 25.1 Å². The highest BCUT2D eigenvalue weighted by Gasteiger charge is 2.28. The van der Waals surface area contributed by atoms with Gasteiger partial charge in [-0.1, -0.05) is 17.7 Å². The highest BCUT2D eigenvalue weighted by Crippen LogP contribution is 2.20. The fourth-order valence-electron chi connectivity index (χ4n) is 2.71. The molecule has 118 valence electrons. The molecule has 3 rings (SSSR count). The number of carbonyl (C=O) groups excluding carboxylic acids is 1. The Morgan fingerprint density at radius 3 is 3.00 bits per heavy atom. The molecule has 2 heterocycles. The summed E-state index contributed by atoms with van der Waals surface area (Å²) >= 11 is 5.98. The lowest BCUT2D eigenvalue weighted by Crippen LogP contribution is -2.39. The lowest BCUT2D eigenvalue weighted by atomic mass is 10.2. The number of nitrogens with zero attached hydrogens (tertiary/aromatic N) is 3. The summed E-state index contributed by atoms with van der Waals surface area (Å²) in [4.78, 5) is 14.4. The smallest absolute Gasteiger partial charge is 0.257 e. The molecule has 1 unspecified atom stereocenters. The van der Waals surface area contributed by atoms with Gasteiger partial charge in [-0.15, -0.1) is 12.4 Å². The van der Waals surface area contributed by atoms with Crippen LogP contribution in [0.1, 0.15) is 23.2 Å². The lowest BCUT2D eigenvalue weighted by Gasteiger charge is -2.22. The third kappa shape index (κ3) is 3.27. The molecule has 0 radical (unpaired) electrons. The topological polar surface area (TPSA) is 64.2 Å². The van der Waals surface area contributed by atoms with Gasteiger partial charge in [0.05, 0.1) is 17.4 Å². The van der Waals surface area contributed by atoms with Gasteiger partial charge in [0.1, 0.15) is 0 Å². The molecule has 1 aliphatic heterocycles. The number of halogens is 2. The normalized spacial score (nSPS) is 17.4. The number of nitrogens with two attached hydrogens (primary N) is 1. The van der Waals surface area contributed by atoms with E-state index in [1.165, 1.54) is 0 Å². The van der Waals surface area contributed by atoms with Gasteiger partial charge in [0.25, 0.3) is 5.91 Å². The Morgan fingerprint density at radius 2 is 2.27 bits per heavy atom. The van der Waals surface area contributed by atoms with Gasteiger partial charge < -0.3 is 10.6 Å². The summed E-state index contributed by atoms with van der Waals surface area (Å²) in [5, 5.41) is 4.89. The third-order valence-electron chi connectivity index (χ3n) is 3.81. The molecule has 22 heavy (non-hydrogen) atoms. The number of hydrogen-bond acceptors (Lipinski definition) is 3. The highest BCUT2D eigenvalue weighted by atomic mass is 35.5. The second-order valence-electron chi connectivity index (χ2n) is 5.18. The van der Waals surface area contributed by atoms with Crippen molar-refractivity contribution in [2.24, 2.45) is 5.73 Å². The summed E-state index contributed by atoms with van der Waals surface area (Å²) in [6.45, 7) is 1.28. The van der Waals surface area contributed by atoms with Crippen molar-refractivity contribution in [3.63, 3.8) is 0 Å². The molecule has 5 nitrogen and oxygen atoms in total. The van der Waals surface area contributed by atoms with E-state index in [2.05, 4.69) is 5.10 Å². The second kappa shape index (κ2) is 7.13. The van der Waals surface area contributed by atoms with Crippen molar-refractivity contribution in [1.82, 2.24) is 14.7 Å². The fraction of sp³-hybridized carbons (Fsp3) is 0.333. The molecule has 1 aromatic heterocycles. The van der Waals surface area contributed by atoms with Crippen LogP contribution in [0.25, 0.3) is 5.69 Å². The average molecular weight is 341 g/mol. The van der Waals surface area contributed by atoms with Gasteiger partial charge in [-0.2, -0.15) is 5.10 Å². The van der Waals surface area contributed by atoms with Crippen LogP contribution in [0.2, 0.25) is 5.02 Å². The minimum Gasteiger partial charge on any atom is -0.334 e. The Labute approximate surface area is 140 Å². The van der Waals surface area contributed by atoms with Crippen LogP contribution in [0.3, 0.4) is 0 Å². The number of likely N-dealkylation sites (tertiary alicyclic amines) is 1. The van der Waals surface area contributed by atoms with Crippen LogP contribution >= 0.6 is 24.0 Å². The van der Waals surface area contributed by atoms with E-state index in [1.54, 1.807) is 29.2 Å². The molecule has 1 fully saturated rings. The first-order valence-electron chi connectivity index (χ1n) is 7.00. The van der Waals surface area contributed by atoms with Crippen LogP contribution in [0.4, 0.5) is 0 Å². The van der Waals surface area contributed by atoms with E-state index in [1.807, 2.05) is 17.0 Å². The van der Waals surface area contributed by atoms with Crippen LogP contribution in [0, 0.1) is 0 Å². The molecular weight excluding hydrogens is 323 g/mol. The Kier molecular flexibility index (Phi) is 5.45. The number of benzene rings is 1. The summed E-state index contributed by atoms with van der Waals surface area (Å²) < 4.78 is 1.66. The Balaban J connectivity index is 0.00000176. The standard InChI is InChI=1S/C15H17ClN4O.ClH/c16-12-3-1-4-13(7-12)20-10-11(9-18-20)15(21)19-6-2-5-14(19)8-17;/h1,3-4,7,9-10,14H,2,5-6,8,17H2;1H. The number of carbonyl (C=O) groups is 1. The molecule has 1 atom stereocenters. The van der Waals surface area contributed by atoms with Crippen molar-refractivity contribution in [1.29, 1.82) is 0 Å². The van der Waals surface area contributed by atoms with Gasteiger partial charge in [0.2, 0.25) is 0 Å². The molecule has 0 spiro atoms. The zero-order chi connectivity index (χ0) is 14.8. The molecule has 1 amide bonds. The number of hydrogen-bond donors (Lipinski definition) is 1. The third-order valence-corrected chi connectivity index (χ3v) is 4.05. The fourth-order valence-corrected chi connectivity index (χ4v) is 2.89.